The highest BCUT2D eigenvalue weighted by molar-refractivity contribution is 5.99. The fourth-order valence-corrected chi connectivity index (χ4v) is 5.44. The van der Waals surface area contributed by atoms with E-state index in [1.165, 1.54) is 22.4 Å². The number of nitrogens with one attached hydrogen (secondary N) is 2. The van der Waals surface area contributed by atoms with Crippen LogP contribution in [0.3, 0.4) is 0 Å². The van der Waals surface area contributed by atoms with Gasteiger partial charge in [0, 0.05) is 36.3 Å². The lowest BCUT2D eigenvalue weighted by Gasteiger charge is -2.34. The number of aromatic amines is 1. The molecule has 0 spiro atoms. The second-order valence-corrected chi connectivity index (χ2v) is 9.65. The summed E-state index contributed by atoms with van der Waals surface area (Å²) in [6.45, 7) is 0.111. The zero-order chi connectivity index (χ0) is 26.6. The van der Waals surface area contributed by atoms with Gasteiger partial charge in [-0.3, -0.25) is 14.4 Å². The SMILES string of the molecule is O=C(NCc1ccc(F)cc1F)c1cn2c(c(O)c1=O)C(=O)N1[C@@H](Cc3c[nH]c4c3CCC=C4)CO[C@@H]1C2. The van der Waals surface area contributed by atoms with Crippen LogP contribution < -0.4 is 10.7 Å². The standard InChI is InChI=1S/C27H24F2N4O5/c28-16-6-5-14(20(29)8-16)9-31-26(36)19-11-32-12-22-33(27(37)23(32)25(35)24(19)34)17(13-38-22)7-15-10-30-21-4-2-1-3-18(15)21/h2,4-6,8,10-11,17,22,30,35H,1,3,7,9,12-13H2,(H,31,36)/t17-,22+/m0/s1. The normalized spacial score (nSPS) is 19.7. The number of amides is 2. The number of fused-ring (bicyclic) bond motifs is 3. The first-order valence-corrected chi connectivity index (χ1v) is 12.3. The van der Waals surface area contributed by atoms with Crippen LogP contribution >= 0.6 is 0 Å². The molecule has 6 rings (SSSR count). The number of carbonyl (C=O) groups is 2. The Morgan fingerprint density at radius 1 is 1.24 bits per heavy atom. The van der Waals surface area contributed by atoms with Crippen LogP contribution in [-0.4, -0.2) is 50.2 Å². The van der Waals surface area contributed by atoms with Crippen molar-refractivity contribution < 1.29 is 28.2 Å². The first kappa shape index (κ1) is 24.1. The van der Waals surface area contributed by atoms with E-state index in [2.05, 4.69) is 16.4 Å². The van der Waals surface area contributed by atoms with Crippen LogP contribution in [0.25, 0.3) is 6.08 Å². The largest absolute Gasteiger partial charge is 0.503 e. The predicted molar refractivity (Wildman–Crippen MR) is 131 cm³/mol. The van der Waals surface area contributed by atoms with Crippen LogP contribution in [0.15, 0.2) is 41.5 Å². The van der Waals surface area contributed by atoms with Gasteiger partial charge in [0.15, 0.2) is 17.7 Å². The number of hydrogen-bond acceptors (Lipinski definition) is 5. The van der Waals surface area contributed by atoms with Gasteiger partial charge in [-0.1, -0.05) is 12.1 Å². The summed E-state index contributed by atoms with van der Waals surface area (Å²) in [6, 6.07) is 2.64. The third kappa shape index (κ3) is 3.99. The Labute approximate surface area is 215 Å². The van der Waals surface area contributed by atoms with Gasteiger partial charge in [-0.2, -0.15) is 0 Å². The molecule has 0 unspecified atom stereocenters. The van der Waals surface area contributed by atoms with Crippen molar-refractivity contribution in [1.82, 2.24) is 19.8 Å². The van der Waals surface area contributed by atoms with Crippen molar-refractivity contribution in [2.75, 3.05) is 6.61 Å². The average molecular weight is 523 g/mol. The summed E-state index contributed by atoms with van der Waals surface area (Å²) in [7, 11) is 0. The summed E-state index contributed by atoms with van der Waals surface area (Å²) in [5, 5.41) is 13.1. The number of ether oxygens (including phenoxy) is 1. The van der Waals surface area contributed by atoms with Gasteiger partial charge in [0.1, 0.15) is 17.2 Å². The topological polar surface area (TPSA) is 117 Å². The van der Waals surface area contributed by atoms with E-state index in [0.29, 0.717) is 19.1 Å². The fourth-order valence-electron chi connectivity index (χ4n) is 5.44. The minimum absolute atomic E-state index is 0.0259. The zero-order valence-electron chi connectivity index (χ0n) is 20.2. The fraction of sp³-hybridized carbons (Fsp3) is 0.296. The number of aromatic nitrogens is 2. The number of allylic oxidation sites excluding steroid dienone is 1. The van der Waals surface area contributed by atoms with Crippen LogP contribution in [0.1, 0.15) is 49.7 Å². The van der Waals surface area contributed by atoms with E-state index in [1.54, 1.807) is 4.90 Å². The monoisotopic (exact) mass is 522 g/mol. The third-order valence-electron chi connectivity index (χ3n) is 7.35. The molecule has 196 valence electrons. The first-order valence-electron chi connectivity index (χ1n) is 12.3. The summed E-state index contributed by atoms with van der Waals surface area (Å²) in [4.78, 5) is 43.9. The van der Waals surface area contributed by atoms with Crippen LogP contribution in [0, 0.1) is 11.6 Å². The summed E-state index contributed by atoms with van der Waals surface area (Å²) >= 11 is 0. The van der Waals surface area contributed by atoms with E-state index in [4.69, 9.17) is 4.74 Å². The Morgan fingerprint density at radius 3 is 2.89 bits per heavy atom. The minimum Gasteiger partial charge on any atom is -0.503 e. The molecule has 2 aliphatic heterocycles. The van der Waals surface area contributed by atoms with Gasteiger partial charge in [-0.15, -0.1) is 0 Å². The summed E-state index contributed by atoms with van der Waals surface area (Å²) in [5.74, 6) is -3.84. The molecule has 9 nitrogen and oxygen atoms in total. The van der Waals surface area contributed by atoms with E-state index < -0.39 is 46.4 Å². The van der Waals surface area contributed by atoms with Gasteiger partial charge < -0.3 is 29.6 Å². The second kappa shape index (κ2) is 9.25. The molecule has 0 saturated carbocycles. The Balaban J connectivity index is 1.24. The van der Waals surface area contributed by atoms with Gasteiger partial charge in [-0.25, -0.2) is 8.78 Å². The predicted octanol–water partition coefficient (Wildman–Crippen LogP) is 2.47. The maximum atomic E-state index is 13.9. The highest BCUT2D eigenvalue weighted by atomic mass is 19.1. The molecular formula is C27H24F2N4O5. The highest BCUT2D eigenvalue weighted by Crippen LogP contribution is 2.32. The molecule has 2 aromatic heterocycles. The summed E-state index contributed by atoms with van der Waals surface area (Å²) < 4.78 is 34.3. The van der Waals surface area contributed by atoms with Crippen molar-refractivity contribution in [3.8, 4) is 5.75 Å². The first-order chi connectivity index (χ1) is 18.3. The molecular weight excluding hydrogens is 498 g/mol. The number of halogens is 2. The molecule has 1 aromatic carbocycles. The molecule has 2 atom stereocenters. The van der Waals surface area contributed by atoms with Gasteiger partial charge >= 0.3 is 0 Å². The number of rotatable bonds is 5. The average Bonchev–Trinajstić information content (AvgIpc) is 3.50. The minimum atomic E-state index is -1.01. The van der Waals surface area contributed by atoms with E-state index in [0.717, 1.165) is 30.2 Å². The molecule has 1 saturated heterocycles. The molecule has 0 bridgehead atoms. The molecule has 3 N–H and O–H groups in total. The maximum absolute atomic E-state index is 13.9. The smallest absolute Gasteiger partial charge is 0.276 e. The number of aromatic hydroxyl groups is 1. The molecule has 2 amide bonds. The van der Waals surface area contributed by atoms with Crippen molar-refractivity contribution in [2.45, 2.75) is 44.6 Å². The van der Waals surface area contributed by atoms with Crippen LogP contribution in [-0.2, 0) is 30.7 Å². The van der Waals surface area contributed by atoms with Crippen molar-refractivity contribution in [3.63, 3.8) is 0 Å². The molecule has 3 aromatic rings. The van der Waals surface area contributed by atoms with Crippen molar-refractivity contribution >= 4 is 17.9 Å². The lowest BCUT2D eigenvalue weighted by Crippen LogP contribution is -2.50. The number of nitrogens with zero attached hydrogens (tertiary/aromatic N) is 2. The zero-order valence-corrected chi connectivity index (χ0v) is 20.2. The number of H-pyrrole nitrogens is 1. The van der Waals surface area contributed by atoms with Crippen LogP contribution in [0.2, 0.25) is 0 Å². The van der Waals surface area contributed by atoms with Gasteiger partial charge in [0.2, 0.25) is 5.43 Å². The summed E-state index contributed by atoms with van der Waals surface area (Å²) in [6.07, 6.45) is 9.10. The van der Waals surface area contributed by atoms with E-state index in [9.17, 15) is 28.3 Å². The lowest BCUT2D eigenvalue weighted by molar-refractivity contribution is 0.00575. The van der Waals surface area contributed by atoms with Gasteiger partial charge in [0.25, 0.3) is 11.8 Å². The quantitative estimate of drug-likeness (QED) is 0.476. The lowest BCUT2D eigenvalue weighted by atomic mass is 9.96. The van der Waals surface area contributed by atoms with Crippen LogP contribution in [0.5, 0.6) is 5.75 Å². The van der Waals surface area contributed by atoms with Crippen molar-refractivity contribution in [1.29, 1.82) is 0 Å². The molecule has 4 heterocycles. The number of benzene rings is 1. The number of pyridine rings is 1. The second-order valence-electron chi connectivity index (χ2n) is 9.65. The Morgan fingerprint density at radius 2 is 2.08 bits per heavy atom. The molecule has 38 heavy (non-hydrogen) atoms. The summed E-state index contributed by atoms with van der Waals surface area (Å²) in [5.41, 5.74) is 1.79. The molecule has 0 radical (unpaired) electrons. The van der Waals surface area contributed by atoms with Crippen LogP contribution in [0.4, 0.5) is 8.78 Å². The van der Waals surface area contributed by atoms with E-state index in [-0.39, 0.29) is 30.4 Å². The molecule has 1 fully saturated rings. The Kier molecular flexibility index (Phi) is 5.87. The molecule has 1 aliphatic carbocycles. The molecule has 11 heteroatoms. The van der Waals surface area contributed by atoms with Crippen molar-refractivity contribution in [3.05, 3.63) is 92.2 Å². The maximum Gasteiger partial charge on any atom is 0.276 e. The number of hydrogen-bond donors (Lipinski definition) is 3. The Hall–Kier alpha value is -4.25. The highest BCUT2D eigenvalue weighted by Gasteiger charge is 2.44. The number of carbonyl (C=O) groups excluding carboxylic acids is 2. The Bertz CT molecular complexity index is 1560. The third-order valence-corrected chi connectivity index (χ3v) is 7.35. The van der Waals surface area contributed by atoms with E-state index >= 15 is 0 Å². The molecule has 3 aliphatic rings. The van der Waals surface area contributed by atoms with Gasteiger partial charge in [-0.05, 0) is 42.5 Å². The van der Waals surface area contributed by atoms with Gasteiger partial charge in [0.05, 0.1) is 19.2 Å². The van der Waals surface area contributed by atoms with E-state index in [1.807, 2.05) is 12.3 Å². The van der Waals surface area contributed by atoms with Crippen molar-refractivity contribution in [2.24, 2.45) is 0 Å².